The number of ketones is 2. The van der Waals surface area contributed by atoms with Crippen LogP contribution in [0.15, 0.2) is 52.3 Å². The molecule has 0 aliphatic heterocycles. The van der Waals surface area contributed by atoms with Crippen molar-refractivity contribution < 1.29 is 35.5 Å². The lowest BCUT2D eigenvalue weighted by Crippen LogP contribution is -2.25. The van der Waals surface area contributed by atoms with Crippen LogP contribution in [0, 0.1) is 6.92 Å². The number of nitrogens with one attached hydrogen (secondary N) is 1. The molecule has 0 saturated carbocycles. The molecule has 1 aliphatic rings. The Morgan fingerprint density at radius 1 is 0.829 bits per heavy atom. The van der Waals surface area contributed by atoms with Gasteiger partial charge in [-0.1, -0.05) is 24.3 Å². The summed E-state index contributed by atoms with van der Waals surface area (Å²) in [6.07, 6.45) is 0. The molecule has 0 bridgehead atoms. The third-order valence-electron chi connectivity index (χ3n) is 5.68. The van der Waals surface area contributed by atoms with Crippen molar-refractivity contribution in [2.45, 2.75) is 23.3 Å². The monoisotopic (exact) mass is 517 g/mol. The summed E-state index contributed by atoms with van der Waals surface area (Å²) in [5.41, 5.74) is 10.6. The summed E-state index contributed by atoms with van der Waals surface area (Å²) in [7, 11) is -9.76. The average molecular weight is 518 g/mol. The lowest BCUT2D eigenvalue weighted by atomic mass is 9.82. The molecule has 11 nitrogen and oxygen atoms in total. The van der Waals surface area contributed by atoms with E-state index < -0.39 is 52.8 Å². The van der Waals surface area contributed by atoms with Gasteiger partial charge in [-0.3, -0.25) is 18.7 Å². The first-order valence-corrected chi connectivity index (χ1v) is 12.8. The number of carbonyl (C=O) groups is 2. The number of hydrogen-bond donors (Lipinski definition) is 5. The topological polar surface area (TPSA) is 207 Å². The Morgan fingerprint density at radius 3 is 1.89 bits per heavy atom. The van der Waals surface area contributed by atoms with Crippen LogP contribution in [0.5, 0.6) is 0 Å². The average Bonchev–Trinajstić information content (AvgIpc) is 2.77. The lowest BCUT2D eigenvalue weighted by Gasteiger charge is -2.24. The predicted molar refractivity (Wildman–Crippen MR) is 126 cm³/mol. The number of carbonyl (C=O) groups excluding carboxylic acids is 2. The zero-order valence-corrected chi connectivity index (χ0v) is 19.7. The molecule has 0 radical (unpaired) electrons. The third-order valence-corrected chi connectivity index (χ3v) is 7.47. The number of nitrogen functional groups attached to an aromatic ring is 1. The van der Waals surface area contributed by atoms with Crippen molar-refractivity contribution in [2.24, 2.45) is 5.73 Å². The van der Waals surface area contributed by atoms with E-state index in [0.29, 0.717) is 11.1 Å². The van der Waals surface area contributed by atoms with Crippen LogP contribution in [-0.2, 0) is 26.8 Å². The SMILES string of the molecule is Cc1cc(S(=O)(=O)O)c(Nc2cc(S(=O)(=O)O)c(N)c3c2C(=O)c2ccccc2C3=O)cc1CN. The number of rotatable bonds is 5. The van der Waals surface area contributed by atoms with E-state index in [1.165, 1.54) is 30.3 Å². The molecule has 7 N–H and O–H groups in total. The van der Waals surface area contributed by atoms with Gasteiger partial charge in [0.1, 0.15) is 9.79 Å². The van der Waals surface area contributed by atoms with Crippen LogP contribution in [-0.4, -0.2) is 37.5 Å². The zero-order valence-electron chi connectivity index (χ0n) is 18.1. The number of fused-ring (bicyclic) bond motifs is 2. The fourth-order valence-electron chi connectivity index (χ4n) is 4.01. The molecule has 0 aromatic heterocycles. The Kier molecular flexibility index (Phi) is 5.78. The summed E-state index contributed by atoms with van der Waals surface area (Å²) in [5.74, 6) is -1.45. The second-order valence-corrected chi connectivity index (χ2v) is 10.6. The minimum atomic E-state index is -4.97. The standard InChI is InChI=1S/C22H19N3O8S2/c1-10-6-16(34(28,29)30)14(7-11(10)9-23)25-15-8-17(35(31,32)33)20(24)19-18(15)21(26)12-4-2-3-5-13(12)22(19)27/h2-8,25H,9,23-24H2,1H3,(H,28,29,30)(H,31,32,33). The minimum absolute atomic E-state index is 0.00677. The van der Waals surface area contributed by atoms with Gasteiger partial charge in [-0.05, 0) is 36.2 Å². The van der Waals surface area contributed by atoms with Gasteiger partial charge in [0.15, 0.2) is 11.6 Å². The van der Waals surface area contributed by atoms with Crippen LogP contribution in [0.4, 0.5) is 17.1 Å². The Morgan fingerprint density at radius 2 is 1.37 bits per heavy atom. The Bertz CT molecular complexity index is 1660. The van der Waals surface area contributed by atoms with E-state index in [0.717, 1.165) is 12.1 Å². The minimum Gasteiger partial charge on any atom is -0.397 e. The number of aryl methyl sites for hydroxylation is 1. The molecule has 0 fully saturated rings. The molecule has 182 valence electrons. The van der Waals surface area contributed by atoms with Crippen LogP contribution < -0.4 is 16.8 Å². The molecule has 35 heavy (non-hydrogen) atoms. The van der Waals surface area contributed by atoms with Crippen LogP contribution in [0.3, 0.4) is 0 Å². The van der Waals surface area contributed by atoms with E-state index in [9.17, 15) is 35.5 Å². The second kappa shape index (κ2) is 8.25. The number of anilines is 3. The van der Waals surface area contributed by atoms with Gasteiger partial charge in [-0.15, -0.1) is 0 Å². The van der Waals surface area contributed by atoms with Crippen LogP contribution >= 0.6 is 0 Å². The molecular formula is C22H19N3O8S2. The molecule has 4 rings (SSSR count). The maximum absolute atomic E-state index is 13.4. The fourth-order valence-corrected chi connectivity index (χ4v) is 5.37. The van der Waals surface area contributed by atoms with Crippen molar-refractivity contribution in [3.63, 3.8) is 0 Å². The molecule has 13 heteroatoms. The van der Waals surface area contributed by atoms with Crippen molar-refractivity contribution in [3.05, 3.63) is 75.8 Å². The summed E-state index contributed by atoms with van der Waals surface area (Å²) in [6.45, 7) is 1.56. The van der Waals surface area contributed by atoms with Gasteiger partial charge in [0, 0.05) is 17.7 Å². The quantitative estimate of drug-likeness (QED) is 0.191. The molecular weight excluding hydrogens is 498 g/mol. The molecule has 0 unspecified atom stereocenters. The Balaban J connectivity index is 2.07. The van der Waals surface area contributed by atoms with Gasteiger partial charge >= 0.3 is 0 Å². The van der Waals surface area contributed by atoms with Crippen LogP contribution in [0.25, 0.3) is 0 Å². The van der Waals surface area contributed by atoms with Crippen molar-refractivity contribution in [1.82, 2.24) is 0 Å². The summed E-state index contributed by atoms with van der Waals surface area (Å²) in [6, 6.07) is 9.08. The normalized spacial score (nSPS) is 13.4. The van der Waals surface area contributed by atoms with E-state index in [1.54, 1.807) is 6.92 Å². The summed E-state index contributed by atoms with van der Waals surface area (Å²) in [5, 5.41) is 2.63. The highest BCUT2D eigenvalue weighted by molar-refractivity contribution is 7.86. The highest BCUT2D eigenvalue weighted by Crippen LogP contribution is 2.41. The highest BCUT2D eigenvalue weighted by atomic mass is 32.2. The molecule has 0 saturated heterocycles. The second-order valence-electron chi connectivity index (χ2n) is 7.84. The summed E-state index contributed by atoms with van der Waals surface area (Å²) >= 11 is 0. The molecule has 1 aliphatic carbocycles. The summed E-state index contributed by atoms with van der Waals surface area (Å²) in [4.78, 5) is 25.2. The third kappa shape index (κ3) is 4.09. The van der Waals surface area contributed by atoms with Crippen LogP contribution in [0.1, 0.15) is 43.0 Å². The fraction of sp³-hybridized carbons (Fsp3) is 0.0909. The lowest BCUT2D eigenvalue weighted by molar-refractivity contribution is 0.0980. The maximum Gasteiger partial charge on any atom is 0.296 e. The van der Waals surface area contributed by atoms with E-state index in [4.69, 9.17) is 11.5 Å². The largest absolute Gasteiger partial charge is 0.397 e. The Labute approximate surface area is 200 Å². The van der Waals surface area contributed by atoms with Crippen molar-refractivity contribution in [1.29, 1.82) is 0 Å². The molecule has 0 heterocycles. The van der Waals surface area contributed by atoms with Gasteiger partial charge in [0.25, 0.3) is 20.2 Å². The molecule has 3 aromatic rings. The van der Waals surface area contributed by atoms with Crippen molar-refractivity contribution in [2.75, 3.05) is 11.1 Å². The van der Waals surface area contributed by atoms with Gasteiger partial charge in [0.05, 0.1) is 28.2 Å². The zero-order chi connectivity index (χ0) is 25.9. The van der Waals surface area contributed by atoms with E-state index in [-0.39, 0.29) is 34.6 Å². The highest BCUT2D eigenvalue weighted by Gasteiger charge is 2.36. The smallest absolute Gasteiger partial charge is 0.296 e. The molecule has 0 atom stereocenters. The van der Waals surface area contributed by atoms with Crippen LogP contribution in [0.2, 0.25) is 0 Å². The van der Waals surface area contributed by atoms with Crippen molar-refractivity contribution >= 4 is 48.9 Å². The van der Waals surface area contributed by atoms with E-state index >= 15 is 0 Å². The van der Waals surface area contributed by atoms with Gasteiger partial charge in [-0.2, -0.15) is 16.8 Å². The van der Waals surface area contributed by atoms with Gasteiger partial charge < -0.3 is 16.8 Å². The van der Waals surface area contributed by atoms with E-state index in [2.05, 4.69) is 5.32 Å². The first kappa shape index (κ1) is 24.5. The Hall–Kier alpha value is -3.62. The van der Waals surface area contributed by atoms with Gasteiger partial charge in [0.2, 0.25) is 0 Å². The number of benzene rings is 3. The van der Waals surface area contributed by atoms with Crippen molar-refractivity contribution in [3.8, 4) is 0 Å². The summed E-state index contributed by atoms with van der Waals surface area (Å²) < 4.78 is 67.7. The number of hydrogen-bond acceptors (Lipinski definition) is 9. The molecule has 0 amide bonds. The molecule has 0 spiro atoms. The number of nitrogens with two attached hydrogens (primary N) is 2. The molecule has 3 aromatic carbocycles. The predicted octanol–water partition coefficient (Wildman–Crippen LogP) is 2.05. The maximum atomic E-state index is 13.4. The van der Waals surface area contributed by atoms with E-state index in [1.807, 2.05) is 0 Å². The van der Waals surface area contributed by atoms with Gasteiger partial charge in [-0.25, -0.2) is 0 Å². The first-order valence-electron chi connectivity index (χ1n) is 9.96. The first-order chi connectivity index (χ1) is 16.3.